The molecule has 0 radical (unpaired) electrons. The first kappa shape index (κ1) is 15.0. The van der Waals surface area contributed by atoms with E-state index in [4.69, 9.17) is 9.47 Å². The molecule has 3 nitrogen and oxygen atoms in total. The maximum atomic E-state index is 5.65. The highest BCUT2D eigenvalue weighted by atomic mass is 16.5. The van der Waals surface area contributed by atoms with Crippen LogP contribution >= 0.6 is 0 Å². The zero-order valence-electron chi connectivity index (χ0n) is 12.1. The third kappa shape index (κ3) is 4.31. The minimum absolute atomic E-state index is 0.150. The Bertz CT molecular complexity index is 335. The number of hydrogen-bond acceptors (Lipinski definition) is 3. The molecule has 1 rings (SSSR count). The molecule has 0 saturated carbocycles. The van der Waals surface area contributed by atoms with Crippen molar-refractivity contribution in [3.8, 4) is 5.75 Å². The molecular weight excluding hydrogens is 226 g/mol. The van der Waals surface area contributed by atoms with E-state index in [-0.39, 0.29) is 18.2 Å². The summed E-state index contributed by atoms with van der Waals surface area (Å²) in [6.45, 7) is 8.89. The summed E-state index contributed by atoms with van der Waals surface area (Å²) in [4.78, 5) is 0. The summed E-state index contributed by atoms with van der Waals surface area (Å²) in [5.74, 6) is 0.910. The first-order valence-corrected chi connectivity index (χ1v) is 6.64. The van der Waals surface area contributed by atoms with E-state index in [1.807, 2.05) is 40.0 Å². The minimum Gasteiger partial charge on any atom is -0.491 e. The van der Waals surface area contributed by atoms with Gasteiger partial charge >= 0.3 is 0 Å². The van der Waals surface area contributed by atoms with Crippen LogP contribution in [-0.4, -0.2) is 25.9 Å². The van der Waals surface area contributed by atoms with Crippen LogP contribution in [0, 0.1) is 0 Å². The van der Waals surface area contributed by atoms with Gasteiger partial charge in [-0.25, -0.2) is 0 Å². The lowest BCUT2D eigenvalue weighted by molar-refractivity contribution is 0.0493. The van der Waals surface area contributed by atoms with Crippen molar-refractivity contribution in [2.24, 2.45) is 0 Å². The molecule has 1 aromatic carbocycles. The summed E-state index contributed by atoms with van der Waals surface area (Å²) < 4.78 is 11.3. The molecule has 0 aliphatic rings. The number of likely N-dealkylation sites (N-methyl/N-ethyl adjacent to an activating group) is 1. The molecule has 102 valence electrons. The fourth-order valence-electron chi connectivity index (χ4n) is 2.06. The van der Waals surface area contributed by atoms with Crippen LogP contribution in [0.25, 0.3) is 0 Å². The van der Waals surface area contributed by atoms with Crippen molar-refractivity contribution >= 4 is 0 Å². The van der Waals surface area contributed by atoms with Gasteiger partial charge in [-0.3, -0.25) is 0 Å². The van der Waals surface area contributed by atoms with Gasteiger partial charge < -0.3 is 14.8 Å². The van der Waals surface area contributed by atoms with Crippen molar-refractivity contribution < 1.29 is 9.47 Å². The van der Waals surface area contributed by atoms with E-state index in [1.165, 1.54) is 5.56 Å². The van der Waals surface area contributed by atoms with Gasteiger partial charge in [0.2, 0.25) is 0 Å². The predicted octanol–water partition coefficient (Wildman–Crippen LogP) is 3.16. The van der Waals surface area contributed by atoms with Crippen LogP contribution in [0.1, 0.15) is 39.3 Å². The molecule has 1 aromatic rings. The summed E-state index contributed by atoms with van der Waals surface area (Å²) in [5.41, 5.74) is 1.22. The monoisotopic (exact) mass is 251 g/mol. The Morgan fingerprint density at radius 3 is 2.17 bits per heavy atom. The predicted molar refractivity (Wildman–Crippen MR) is 75.1 cm³/mol. The third-order valence-corrected chi connectivity index (χ3v) is 2.82. The number of hydrogen-bond donors (Lipinski definition) is 1. The van der Waals surface area contributed by atoms with E-state index in [9.17, 15) is 0 Å². The van der Waals surface area contributed by atoms with Gasteiger partial charge in [0.15, 0.2) is 0 Å². The fraction of sp³-hybridized carbons (Fsp3) is 0.600. The Kier molecular flexibility index (Phi) is 6.16. The van der Waals surface area contributed by atoms with Crippen molar-refractivity contribution in [2.45, 2.75) is 45.9 Å². The molecule has 3 heteroatoms. The standard InChI is InChI=1S/C15H25NO2/c1-6-17-12(4)15(16-5)13-7-9-14(10-8-13)18-11(2)3/h7-12,15-16H,6H2,1-5H3. The zero-order chi connectivity index (χ0) is 13.5. The summed E-state index contributed by atoms with van der Waals surface area (Å²) in [6.07, 6.45) is 0.357. The lowest BCUT2D eigenvalue weighted by Gasteiger charge is -2.24. The smallest absolute Gasteiger partial charge is 0.119 e. The average molecular weight is 251 g/mol. The summed E-state index contributed by atoms with van der Waals surface area (Å²) >= 11 is 0. The van der Waals surface area contributed by atoms with Crippen molar-refractivity contribution in [3.05, 3.63) is 29.8 Å². The van der Waals surface area contributed by atoms with Gasteiger partial charge in [0.1, 0.15) is 5.75 Å². The number of nitrogens with one attached hydrogen (secondary N) is 1. The highest BCUT2D eigenvalue weighted by Crippen LogP contribution is 2.22. The Hall–Kier alpha value is -1.06. The highest BCUT2D eigenvalue weighted by molar-refractivity contribution is 5.29. The van der Waals surface area contributed by atoms with Crippen molar-refractivity contribution in [3.63, 3.8) is 0 Å². The minimum atomic E-state index is 0.150. The first-order chi connectivity index (χ1) is 8.58. The van der Waals surface area contributed by atoms with E-state index in [1.54, 1.807) is 0 Å². The Morgan fingerprint density at radius 2 is 1.72 bits per heavy atom. The highest BCUT2D eigenvalue weighted by Gasteiger charge is 2.17. The summed E-state index contributed by atoms with van der Waals surface area (Å²) in [6, 6.07) is 8.41. The number of benzene rings is 1. The van der Waals surface area contributed by atoms with Gasteiger partial charge in [-0.1, -0.05) is 12.1 Å². The molecule has 2 unspecified atom stereocenters. The zero-order valence-corrected chi connectivity index (χ0v) is 12.1. The first-order valence-electron chi connectivity index (χ1n) is 6.64. The van der Waals surface area contributed by atoms with Crippen LogP contribution in [0.4, 0.5) is 0 Å². The van der Waals surface area contributed by atoms with Crippen molar-refractivity contribution in [2.75, 3.05) is 13.7 Å². The van der Waals surface area contributed by atoms with E-state index in [0.717, 1.165) is 12.4 Å². The molecule has 0 aliphatic carbocycles. The quantitative estimate of drug-likeness (QED) is 0.807. The molecule has 0 spiro atoms. The van der Waals surface area contributed by atoms with E-state index in [2.05, 4.69) is 24.4 Å². The summed E-state index contributed by atoms with van der Waals surface area (Å²) in [5, 5.41) is 3.30. The molecule has 0 aliphatic heterocycles. The second kappa shape index (κ2) is 7.39. The molecule has 18 heavy (non-hydrogen) atoms. The average Bonchev–Trinajstić information content (AvgIpc) is 2.32. The van der Waals surface area contributed by atoms with Gasteiger partial charge in [-0.2, -0.15) is 0 Å². The Morgan fingerprint density at radius 1 is 1.11 bits per heavy atom. The Balaban J connectivity index is 2.75. The van der Waals surface area contributed by atoms with Crippen LogP contribution in [-0.2, 0) is 4.74 Å². The van der Waals surface area contributed by atoms with E-state index >= 15 is 0 Å². The van der Waals surface area contributed by atoms with Crippen molar-refractivity contribution in [1.29, 1.82) is 0 Å². The maximum Gasteiger partial charge on any atom is 0.119 e. The number of rotatable bonds is 7. The van der Waals surface area contributed by atoms with Gasteiger partial charge in [0.05, 0.1) is 18.2 Å². The molecular formula is C15H25NO2. The van der Waals surface area contributed by atoms with E-state index < -0.39 is 0 Å². The molecule has 0 fully saturated rings. The van der Waals surface area contributed by atoms with Crippen LogP contribution in [0.15, 0.2) is 24.3 Å². The largest absolute Gasteiger partial charge is 0.491 e. The molecule has 1 N–H and O–H groups in total. The van der Waals surface area contributed by atoms with Gasteiger partial charge in [0, 0.05) is 6.61 Å². The van der Waals surface area contributed by atoms with Crippen LogP contribution < -0.4 is 10.1 Å². The lowest BCUT2D eigenvalue weighted by atomic mass is 10.0. The van der Waals surface area contributed by atoms with E-state index in [0.29, 0.717) is 0 Å². The second-order valence-corrected chi connectivity index (χ2v) is 4.66. The molecule has 0 aromatic heterocycles. The van der Waals surface area contributed by atoms with Crippen LogP contribution in [0.5, 0.6) is 5.75 Å². The molecule has 2 atom stereocenters. The third-order valence-electron chi connectivity index (χ3n) is 2.82. The van der Waals surface area contributed by atoms with Gasteiger partial charge in [0.25, 0.3) is 0 Å². The molecule has 0 saturated heterocycles. The normalized spacial score (nSPS) is 14.6. The molecule has 0 heterocycles. The van der Waals surface area contributed by atoms with Gasteiger partial charge in [-0.05, 0) is 52.4 Å². The number of ether oxygens (including phenoxy) is 2. The van der Waals surface area contributed by atoms with Crippen LogP contribution in [0.2, 0.25) is 0 Å². The summed E-state index contributed by atoms with van der Waals surface area (Å²) in [7, 11) is 1.96. The Labute approximate surface area is 110 Å². The molecule has 0 amide bonds. The fourth-order valence-corrected chi connectivity index (χ4v) is 2.06. The second-order valence-electron chi connectivity index (χ2n) is 4.66. The van der Waals surface area contributed by atoms with Crippen molar-refractivity contribution in [1.82, 2.24) is 5.32 Å². The molecule has 0 bridgehead atoms. The van der Waals surface area contributed by atoms with Crippen LogP contribution in [0.3, 0.4) is 0 Å². The topological polar surface area (TPSA) is 30.5 Å². The van der Waals surface area contributed by atoms with Gasteiger partial charge in [-0.15, -0.1) is 0 Å². The lowest BCUT2D eigenvalue weighted by Crippen LogP contribution is -2.29. The maximum absolute atomic E-state index is 5.65. The SMILES string of the molecule is CCOC(C)C(NC)c1ccc(OC(C)C)cc1.